The lowest BCUT2D eigenvalue weighted by Crippen LogP contribution is -2.36. The van der Waals surface area contributed by atoms with Crippen LogP contribution in [-0.4, -0.2) is 50.3 Å². The normalized spacial score (nSPS) is 12.1. The van der Waals surface area contributed by atoms with E-state index in [4.69, 9.17) is 4.74 Å². The average Bonchev–Trinajstić information content (AvgIpc) is 2.94. The molecule has 9 nitrogen and oxygen atoms in total. The summed E-state index contributed by atoms with van der Waals surface area (Å²) in [5, 5.41) is 20.4. The van der Waals surface area contributed by atoms with Crippen LogP contribution in [-0.2, 0) is 26.2 Å². The standard InChI is InChI=1S/C30H30N2O7S/c1-21(18-29(33)34)31(19-22-8-4-3-5-9-22)27-16-17-28(26-11-7-6-10-25(26)27)32(20-30(35)36)40(37,38)24-14-12-23(39-2)13-15-24/h3-17,21H,18-20H2,1-2H3,(H,33,34)(H,35,36)/t21-/m0/s1. The highest BCUT2D eigenvalue weighted by molar-refractivity contribution is 7.92. The third-order valence-electron chi connectivity index (χ3n) is 6.58. The maximum absolute atomic E-state index is 13.7. The smallest absolute Gasteiger partial charge is 0.324 e. The van der Waals surface area contributed by atoms with E-state index in [0.29, 0.717) is 28.8 Å². The predicted octanol–water partition coefficient (Wildman–Crippen LogP) is 5.00. The van der Waals surface area contributed by atoms with Gasteiger partial charge in [-0.05, 0) is 48.9 Å². The highest BCUT2D eigenvalue weighted by Crippen LogP contribution is 2.38. The number of methoxy groups -OCH3 is 1. The minimum Gasteiger partial charge on any atom is -0.497 e. The van der Waals surface area contributed by atoms with Gasteiger partial charge in [-0.25, -0.2) is 8.42 Å². The van der Waals surface area contributed by atoms with Crippen molar-refractivity contribution in [2.45, 2.75) is 30.8 Å². The number of carbonyl (C=O) groups is 2. The van der Waals surface area contributed by atoms with Gasteiger partial charge in [0.05, 0.1) is 24.1 Å². The Bertz CT molecular complexity index is 1610. The van der Waals surface area contributed by atoms with E-state index in [2.05, 4.69) is 0 Å². The van der Waals surface area contributed by atoms with Gasteiger partial charge < -0.3 is 19.8 Å². The molecule has 0 saturated carbocycles. The second-order valence-corrected chi connectivity index (χ2v) is 11.2. The molecule has 4 rings (SSSR count). The lowest BCUT2D eigenvalue weighted by atomic mass is 10.0. The number of carboxylic acids is 2. The fraction of sp³-hybridized carbons (Fsp3) is 0.200. The third kappa shape index (κ3) is 6.18. The number of hydrogen-bond acceptors (Lipinski definition) is 6. The predicted molar refractivity (Wildman–Crippen MR) is 153 cm³/mol. The van der Waals surface area contributed by atoms with E-state index in [1.54, 1.807) is 30.3 Å². The SMILES string of the molecule is COc1ccc(S(=O)(=O)N(CC(=O)O)c2ccc(N(Cc3ccccc3)[C@@H](C)CC(=O)O)c3ccccc23)cc1. The summed E-state index contributed by atoms with van der Waals surface area (Å²) in [6.07, 6.45) is -0.111. The molecular weight excluding hydrogens is 532 g/mol. The van der Waals surface area contributed by atoms with E-state index in [1.807, 2.05) is 48.2 Å². The van der Waals surface area contributed by atoms with Crippen LogP contribution in [0.5, 0.6) is 5.75 Å². The fourth-order valence-corrected chi connectivity index (χ4v) is 6.09. The van der Waals surface area contributed by atoms with E-state index in [9.17, 15) is 28.2 Å². The highest BCUT2D eigenvalue weighted by Gasteiger charge is 2.30. The Balaban J connectivity index is 1.87. The van der Waals surface area contributed by atoms with Gasteiger partial charge in [0.15, 0.2) is 0 Å². The summed E-state index contributed by atoms with van der Waals surface area (Å²) in [5.74, 6) is -1.79. The van der Waals surface area contributed by atoms with E-state index in [0.717, 1.165) is 9.87 Å². The molecule has 0 aliphatic carbocycles. The summed E-state index contributed by atoms with van der Waals surface area (Å²) in [6, 6.07) is 25.4. The van der Waals surface area contributed by atoms with Crippen LogP contribution in [0, 0.1) is 0 Å². The molecule has 0 bridgehead atoms. The Labute approximate surface area is 232 Å². The molecule has 0 fully saturated rings. The molecule has 0 unspecified atom stereocenters. The summed E-state index contributed by atoms with van der Waals surface area (Å²) in [5.41, 5.74) is 1.87. The highest BCUT2D eigenvalue weighted by atomic mass is 32.2. The van der Waals surface area contributed by atoms with Crippen molar-refractivity contribution in [1.82, 2.24) is 0 Å². The third-order valence-corrected chi connectivity index (χ3v) is 8.35. The quantitative estimate of drug-likeness (QED) is 0.247. The topological polar surface area (TPSA) is 124 Å². The first-order valence-corrected chi connectivity index (χ1v) is 14.0. The molecule has 0 aromatic heterocycles. The number of aliphatic carboxylic acids is 2. The Kier molecular flexibility index (Phi) is 8.59. The molecule has 10 heteroatoms. The number of rotatable bonds is 12. The average molecular weight is 563 g/mol. The molecule has 0 heterocycles. The minimum absolute atomic E-state index is 0.0801. The molecule has 40 heavy (non-hydrogen) atoms. The van der Waals surface area contributed by atoms with Crippen LogP contribution < -0.4 is 13.9 Å². The fourth-order valence-electron chi connectivity index (χ4n) is 4.65. The number of nitrogens with zero attached hydrogens (tertiary/aromatic N) is 2. The zero-order valence-corrected chi connectivity index (χ0v) is 22.9. The van der Waals surface area contributed by atoms with E-state index in [-0.39, 0.29) is 17.0 Å². The van der Waals surface area contributed by atoms with E-state index in [1.165, 1.54) is 31.4 Å². The van der Waals surface area contributed by atoms with Crippen LogP contribution in [0.25, 0.3) is 10.8 Å². The van der Waals surface area contributed by atoms with Gasteiger partial charge >= 0.3 is 11.9 Å². The molecule has 4 aromatic carbocycles. The van der Waals surface area contributed by atoms with E-state index < -0.39 is 34.5 Å². The Morgan fingerprint density at radius 1 is 0.800 bits per heavy atom. The summed E-state index contributed by atoms with van der Waals surface area (Å²) in [6.45, 7) is 1.45. The number of fused-ring (bicyclic) bond motifs is 1. The molecule has 0 amide bonds. The van der Waals surface area contributed by atoms with Gasteiger partial charge in [-0.15, -0.1) is 0 Å². The van der Waals surface area contributed by atoms with Crippen LogP contribution in [0.3, 0.4) is 0 Å². The zero-order chi connectivity index (χ0) is 28.9. The van der Waals surface area contributed by atoms with Crippen molar-refractivity contribution in [2.75, 3.05) is 22.9 Å². The van der Waals surface area contributed by atoms with Gasteiger partial charge in [0.2, 0.25) is 0 Å². The van der Waals surface area contributed by atoms with Gasteiger partial charge in [-0.3, -0.25) is 13.9 Å². The zero-order valence-electron chi connectivity index (χ0n) is 22.1. The first-order valence-electron chi connectivity index (χ1n) is 12.5. The van der Waals surface area contributed by atoms with Crippen LogP contribution in [0.1, 0.15) is 18.9 Å². The van der Waals surface area contributed by atoms with Gasteiger partial charge in [-0.1, -0.05) is 54.6 Å². The van der Waals surface area contributed by atoms with Crippen LogP contribution in [0.15, 0.2) is 95.9 Å². The first-order chi connectivity index (χ1) is 19.1. The summed E-state index contributed by atoms with van der Waals surface area (Å²) in [4.78, 5) is 25.4. The van der Waals surface area contributed by atoms with Gasteiger partial charge in [0, 0.05) is 29.0 Å². The molecule has 208 valence electrons. The summed E-state index contributed by atoms with van der Waals surface area (Å²) < 4.78 is 33.5. The van der Waals surface area contributed by atoms with Crippen molar-refractivity contribution in [3.63, 3.8) is 0 Å². The number of hydrogen-bond donors (Lipinski definition) is 2. The van der Waals surface area contributed by atoms with Crippen LogP contribution in [0.4, 0.5) is 11.4 Å². The molecule has 0 radical (unpaired) electrons. The minimum atomic E-state index is -4.27. The maximum atomic E-state index is 13.7. The van der Waals surface area contributed by atoms with Gasteiger partial charge in [-0.2, -0.15) is 0 Å². The summed E-state index contributed by atoms with van der Waals surface area (Å²) in [7, 11) is -2.81. The number of sulfonamides is 1. The second kappa shape index (κ2) is 12.1. The molecule has 4 aromatic rings. The largest absolute Gasteiger partial charge is 0.497 e. The summed E-state index contributed by atoms with van der Waals surface area (Å²) >= 11 is 0. The molecule has 1 atom stereocenters. The molecule has 2 N–H and O–H groups in total. The van der Waals surface area contributed by atoms with Gasteiger partial charge in [0.1, 0.15) is 12.3 Å². The Morgan fingerprint density at radius 2 is 1.38 bits per heavy atom. The number of anilines is 2. The van der Waals surface area contributed by atoms with Crippen molar-refractivity contribution < 1.29 is 33.0 Å². The van der Waals surface area contributed by atoms with Gasteiger partial charge in [0.25, 0.3) is 10.0 Å². The van der Waals surface area contributed by atoms with E-state index >= 15 is 0 Å². The molecular formula is C30H30N2O7S. The Hall–Kier alpha value is -4.57. The number of carboxylic acid groups (broad SMARTS) is 2. The van der Waals surface area contributed by atoms with Crippen molar-refractivity contribution in [3.8, 4) is 5.75 Å². The van der Waals surface area contributed by atoms with Crippen molar-refractivity contribution in [2.24, 2.45) is 0 Å². The van der Waals surface area contributed by atoms with Crippen LogP contribution >= 0.6 is 0 Å². The van der Waals surface area contributed by atoms with Crippen molar-refractivity contribution in [3.05, 3.63) is 96.6 Å². The number of benzene rings is 4. The first kappa shape index (κ1) is 28.4. The monoisotopic (exact) mass is 562 g/mol. The lowest BCUT2D eigenvalue weighted by molar-refractivity contribution is -0.137. The molecule has 0 aliphatic heterocycles. The number of ether oxygens (including phenoxy) is 1. The lowest BCUT2D eigenvalue weighted by Gasteiger charge is -2.33. The maximum Gasteiger partial charge on any atom is 0.324 e. The second-order valence-electron chi connectivity index (χ2n) is 9.29. The van der Waals surface area contributed by atoms with Crippen molar-refractivity contribution in [1.29, 1.82) is 0 Å². The molecule has 0 aliphatic rings. The van der Waals surface area contributed by atoms with Crippen LogP contribution in [0.2, 0.25) is 0 Å². The Morgan fingerprint density at radius 3 is 1.95 bits per heavy atom. The molecule has 0 spiro atoms. The molecule has 0 saturated heterocycles. The van der Waals surface area contributed by atoms with Crippen molar-refractivity contribution >= 4 is 44.1 Å².